The van der Waals surface area contributed by atoms with E-state index >= 15 is 0 Å². The van der Waals surface area contributed by atoms with E-state index in [-0.39, 0.29) is 5.91 Å². The van der Waals surface area contributed by atoms with E-state index in [1.165, 1.54) is 16.8 Å². The van der Waals surface area contributed by atoms with Crippen LogP contribution < -0.4 is 10.2 Å². The topological polar surface area (TPSA) is 32.3 Å². The fraction of sp³-hybridized carbons (Fsp3) is 0.364. The number of nitrogens with one attached hydrogen (secondary N) is 1. The van der Waals surface area contributed by atoms with Crippen LogP contribution in [0.2, 0.25) is 0 Å². The number of nitrogens with zero attached hydrogens (tertiary/aromatic N) is 1. The Bertz CT molecular complexity index is 400. The van der Waals surface area contributed by atoms with Gasteiger partial charge in [-0.2, -0.15) is 0 Å². The summed E-state index contributed by atoms with van der Waals surface area (Å²) in [7, 11) is 0. The van der Waals surface area contributed by atoms with Crippen LogP contribution in [0, 0.1) is 0 Å². The van der Waals surface area contributed by atoms with Crippen molar-refractivity contribution in [2.45, 2.75) is 13.0 Å². The number of hydrogen-bond donors (Lipinski definition) is 1. The average molecular weight is 188 g/mol. The van der Waals surface area contributed by atoms with Gasteiger partial charge >= 0.3 is 0 Å². The van der Waals surface area contributed by atoms with E-state index < -0.39 is 0 Å². The largest absolute Gasteiger partial charge is 0.361 e. The number of carbonyl (C=O) groups excluding carboxylic acids is 1. The fourth-order valence-corrected chi connectivity index (χ4v) is 2.34. The minimum Gasteiger partial charge on any atom is -0.361 e. The van der Waals surface area contributed by atoms with Crippen LogP contribution in [0.5, 0.6) is 0 Å². The standard InChI is InChI=1S/C11H12N2O/c14-10-7-13-5-4-8-2-1-3-9(6-12-10)11(8)13/h1-3H,4-7H2,(H,12,14). The molecule has 2 aliphatic rings. The molecule has 14 heavy (non-hydrogen) atoms. The van der Waals surface area contributed by atoms with Crippen LogP contribution in [0.4, 0.5) is 5.69 Å². The van der Waals surface area contributed by atoms with Crippen molar-refractivity contribution in [2.24, 2.45) is 0 Å². The third-order valence-corrected chi connectivity index (χ3v) is 2.98. The van der Waals surface area contributed by atoms with Crippen molar-refractivity contribution in [1.82, 2.24) is 5.32 Å². The first kappa shape index (κ1) is 7.85. The van der Waals surface area contributed by atoms with Gasteiger partial charge in [0.2, 0.25) is 5.91 Å². The number of benzene rings is 1. The Morgan fingerprint density at radius 3 is 3.07 bits per heavy atom. The number of hydrogen-bond acceptors (Lipinski definition) is 2. The summed E-state index contributed by atoms with van der Waals surface area (Å²) >= 11 is 0. The maximum absolute atomic E-state index is 11.4. The second-order valence-corrected chi connectivity index (χ2v) is 3.87. The molecule has 1 amide bonds. The maximum atomic E-state index is 11.4. The monoisotopic (exact) mass is 188 g/mol. The molecule has 0 saturated heterocycles. The van der Waals surface area contributed by atoms with Crippen molar-refractivity contribution in [2.75, 3.05) is 18.0 Å². The highest BCUT2D eigenvalue weighted by Gasteiger charge is 2.26. The molecule has 3 rings (SSSR count). The predicted molar refractivity (Wildman–Crippen MR) is 54.2 cm³/mol. The summed E-state index contributed by atoms with van der Waals surface area (Å²) in [6.45, 7) is 2.18. The van der Waals surface area contributed by atoms with Gasteiger partial charge < -0.3 is 10.2 Å². The highest BCUT2D eigenvalue weighted by molar-refractivity contribution is 5.84. The van der Waals surface area contributed by atoms with Crippen molar-refractivity contribution >= 4 is 11.6 Å². The number of carbonyl (C=O) groups is 1. The molecule has 2 aliphatic heterocycles. The zero-order chi connectivity index (χ0) is 9.54. The van der Waals surface area contributed by atoms with Crippen LogP contribution in [0.15, 0.2) is 18.2 Å². The Hall–Kier alpha value is -1.51. The lowest BCUT2D eigenvalue weighted by atomic mass is 10.1. The average Bonchev–Trinajstić information content (AvgIpc) is 2.51. The van der Waals surface area contributed by atoms with E-state index in [1.807, 2.05) is 0 Å². The molecule has 0 spiro atoms. The van der Waals surface area contributed by atoms with Crippen LogP contribution >= 0.6 is 0 Å². The third kappa shape index (κ3) is 1.02. The van der Waals surface area contributed by atoms with Crippen LogP contribution in [0.3, 0.4) is 0 Å². The Labute approximate surface area is 82.7 Å². The summed E-state index contributed by atoms with van der Waals surface area (Å²) in [5, 5.41) is 2.91. The minimum atomic E-state index is 0.133. The number of rotatable bonds is 0. The summed E-state index contributed by atoms with van der Waals surface area (Å²) in [5.74, 6) is 0.133. The Morgan fingerprint density at radius 1 is 1.29 bits per heavy atom. The molecule has 1 aromatic rings. The van der Waals surface area contributed by atoms with Gasteiger partial charge in [-0.1, -0.05) is 18.2 Å². The highest BCUT2D eigenvalue weighted by atomic mass is 16.2. The molecule has 3 nitrogen and oxygen atoms in total. The normalized spacial score (nSPS) is 18.9. The molecule has 2 heterocycles. The first-order valence-corrected chi connectivity index (χ1v) is 4.97. The molecule has 1 N–H and O–H groups in total. The zero-order valence-electron chi connectivity index (χ0n) is 7.92. The predicted octanol–water partition coefficient (Wildman–Crippen LogP) is 0.679. The van der Waals surface area contributed by atoms with Gasteiger partial charge in [-0.3, -0.25) is 4.79 Å². The molecular weight excluding hydrogens is 176 g/mol. The Kier molecular flexibility index (Phi) is 1.54. The molecule has 0 unspecified atom stereocenters. The van der Waals surface area contributed by atoms with Crippen molar-refractivity contribution in [3.63, 3.8) is 0 Å². The summed E-state index contributed by atoms with van der Waals surface area (Å²) in [6, 6.07) is 6.34. The summed E-state index contributed by atoms with van der Waals surface area (Å²) in [6.07, 6.45) is 1.08. The van der Waals surface area contributed by atoms with Crippen LogP contribution in [0.25, 0.3) is 0 Å². The maximum Gasteiger partial charge on any atom is 0.239 e. The van der Waals surface area contributed by atoms with Gasteiger partial charge in [0.15, 0.2) is 0 Å². The van der Waals surface area contributed by atoms with Crippen molar-refractivity contribution < 1.29 is 4.79 Å². The van der Waals surface area contributed by atoms with Crippen molar-refractivity contribution in [1.29, 1.82) is 0 Å². The van der Waals surface area contributed by atoms with Gasteiger partial charge in [0.1, 0.15) is 0 Å². The molecular formula is C11H12N2O. The van der Waals surface area contributed by atoms with E-state index in [2.05, 4.69) is 28.4 Å². The molecule has 72 valence electrons. The second-order valence-electron chi connectivity index (χ2n) is 3.87. The van der Waals surface area contributed by atoms with E-state index in [0.717, 1.165) is 13.0 Å². The van der Waals surface area contributed by atoms with E-state index in [1.54, 1.807) is 0 Å². The van der Waals surface area contributed by atoms with Gasteiger partial charge in [-0.15, -0.1) is 0 Å². The number of amides is 1. The zero-order valence-corrected chi connectivity index (χ0v) is 7.92. The smallest absolute Gasteiger partial charge is 0.239 e. The lowest BCUT2D eigenvalue weighted by molar-refractivity contribution is -0.119. The molecule has 0 saturated carbocycles. The number of para-hydroxylation sites is 1. The van der Waals surface area contributed by atoms with Gasteiger partial charge in [0.25, 0.3) is 0 Å². The van der Waals surface area contributed by atoms with Crippen molar-refractivity contribution in [3.8, 4) is 0 Å². The fourth-order valence-electron chi connectivity index (χ4n) is 2.34. The molecule has 3 heteroatoms. The lowest BCUT2D eigenvalue weighted by Gasteiger charge is -2.16. The molecule has 0 aliphatic carbocycles. The second kappa shape index (κ2) is 2.74. The summed E-state index contributed by atoms with van der Waals surface area (Å²) in [4.78, 5) is 13.6. The van der Waals surface area contributed by atoms with Crippen LogP contribution in [0.1, 0.15) is 11.1 Å². The lowest BCUT2D eigenvalue weighted by Crippen LogP contribution is -2.32. The molecule has 1 aromatic carbocycles. The molecule has 0 radical (unpaired) electrons. The van der Waals surface area contributed by atoms with E-state index in [4.69, 9.17) is 0 Å². The van der Waals surface area contributed by atoms with Gasteiger partial charge in [0, 0.05) is 18.8 Å². The van der Waals surface area contributed by atoms with E-state index in [9.17, 15) is 4.79 Å². The summed E-state index contributed by atoms with van der Waals surface area (Å²) < 4.78 is 0. The minimum absolute atomic E-state index is 0.133. The van der Waals surface area contributed by atoms with Gasteiger partial charge in [-0.25, -0.2) is 0 Å². The summed E-state index contributed by atoms with van der Waals surface area (Å²) in [5.41, 5.74) is 3.94. The molecule has 0 bridgehead atoms. The molecule has 0 aromatic heterocycles. The third-order valence-electron chi connectivity index (χ3n) is 2.98. The molecule has 0 atom stereocenters. The van der Waals surface area contributed by atoms with Gasteiger partial charge in [-0.05, 0) is 17.5 Å². The quantitative estimate of drug-likeness (QED) is 0.649. The van der Waals surface area contributed by atoms with Crippen molar-refractivity contribution in [3.05, 3.63) is 29.3 Å². The van der Waals surface area contributed by atoms with Gasteiger partial charge in [0.05, 0.1) is 6.54 Å². The first-order chi connectivity index (χ1) is 6.84. The Morgan fingerprint density at radius 2 is 2.14 bits per heavy atom. The number of anilines is 1. The SMILES string of the molecule is O=C1CN2CCc3cccc(c32)CN1. The van der Waals surface area contributed by atoms with Crippen LogP contribution in [-0.4, -0.2) is 19.0 Å². The van der Waals surface area contributed by atoms with E-state index in [0.29, 0.717) is 13.1 Å². The molecule has 0 fully saturated rings. The first-order valence-electron chi connectivity index (χ1n) is 4.97. The van der Waals surface area contributed by atoms with Crippen LogP contribution in [-0.2, 0) is 17.8 Å². The Balaban J connectivity index is 2.15. The highest BCUT2D eigenvalue weighted by Crippen LogP contribution is 2.32.